The van der Waals surface area contributed by atoms with Gasteiger partial charge < -0.3 is 10.5 Å². The van der Waals surface area contributed by atoms with Crippen molar-refractivity contribution < 1.29 is 13.2 Å². The molecule has 1 rings (SSSR count). The molecule has 0 aliphatic rings. The standard InChI is InChI=1S/C10H15ClN2O3S/c1-7-5-8(6-9(12)10(7)11)17(14,15)13-3-4-16-2/h5-6,13H,3-4,12H2,1-2H3. The van der Waals surface area contributed by atoms with Gasteiger partial charge in [-0.25, -0.2) is 13.1 Å². The number of nitrogen functional groups attached to an aromatic ring is 1. The third-order valence-corrected chi connectivity index (χ3v) is 4.12. The summed E-state index contributed by atoms with van der Waals surface area (Å²) in [5.74, 6) is 0. The minimum atomic E-state index is -3.56. The van der Waals surface area contributed by atoms with Gasteiger partial charge >= 0.3 is 0 Å². The number of rotatable bonds is 5. The Morgan fingerprint density at radius 1 is 1.47 bits per heavy atom. The molecule has 17 heavy (non-hydrogen) atoms. The van der Waals surface area contributed by atoms with Gasteiger partial charge in [-0.2, -0.15) is 0 Å². The zero-order valence-corrected chi connectivity index (χ0v) is 11.2. The Balaban J connectivity index is 2.99. The zero-order valence-electron chi connectivity index (χ0n) is 9.66. The van der Waals surface area contributed by atoms with Crippen molar-refractivity contribution in [3.8, 4) is 0 Å². The highest BCUT2D eigenvalue weighted by atomic mass is 35.5. The molecular formula is C10H15ClN2O3S. The topological polar surface area (TPSA) is 81.4 Å². The van der Waals surface area contributed by atoms with Gasteiger partial charge in [0.05, 0.1) is 22.2 Å². The summed E-state index contributed by atoms with van der Waals surface area (Å²) < 4.78 is 30.9. The van der Waals surface area contributed by atoms with E-state index in [1.807, 2.05) is 0 Å². The highest BCUT2D eigenvalue weighted by molar-refractivity contribution is 7.89. The molecule has 1 aromatic carbocycles. The highest BCUT2D eigenvalue weighted by Crippen LogP contribution is 2.26. The van der Waals surface area contributed by atoms with Gasteiger partial charge in [0, 0.05) is 13.7 Å². The molecule has 96 valence electrons. The van der Waals surface area contributed by atoms with Crippen LogP contribution in [0.5, 0.6) is 0 Å². The first-order valence-electron chi connectivity index (χ1n) is 4.92. The second kappa shape index (κ2) is 5.68. The lowest BCUT2D eigenvalue weighted by atomic mass is 10.2. The van der Waals surface area contributed by atoms with E-state index in [2.05, 4.69) is 4.72 Å². The molecule has 0 radical (unpaired) electrons. The van der Waals surface area contributed by atoms with Gasteiger partial charge in [0.25, 0.3) is 0 Å². The molecule has 0 saturated heterocycles. The fraction of sp³-hybridized carbons (Fsp3) is 0.400. The van der Waals surface area contributed by atoms with Crippen LogP contribution in [-0.2, 0) is 14.8 Å². The van der Waals surface area contributed by atoms with Crippen molar-refractivity contribution in [2.45, 2.75) is 11.8 Å². The number of hydrogen-bond acceptors (Lipinski definition) is 4. The van der Waals surface area contributed by atoms with Crippen molar-refractivity contribution in [2.75, 3.05) is 26.0 Å². The summed E-state index contributed by atoms with van der Waals surface area (Å²) in [6.45, 7) is 2.22. The van der Waals surface area contributed by atoms with Crippen LogP contribution >= 0.6 is 11.6 Å². The molecule has 0 atom stereocenters. The van der Waals surface area contributed by atoms with Crippen LogP contribution < -0.4 is 10.5 Å². The van der Waals surface area contributed by atoms with Crippen LogP contribution in [0.25, 0.3) is 0 Å². The van der Waals surface area contributed by atoms with E-state index in [1.54, 1.807) is 6.92 Å². The predicted molar refractivity (Wildman–Crippen MR) is 67.7 cm³/mol. The van der Waals surface area contributed by atoms with Crippen LogP contribution in [0.3, 0.4) is 0 Å². The van der Waals surface area contributed by atoms with E-state index in [1.165, 1.54) is 19.2 Å². The number of sulfonamides is 1. The molecule has 0 amide bonds. The molecule has 5 nitrogen and oxygen atoms in total. The maximum absolute atomic E-state index is 11.9. The smallest absolute Gasteiger partial charge is 0.240 e. The average Bonchev–Trinajstić information content (AvgIpc) is 2.25. The van der Waals surface area contributed by atoms with Crippen molar-refractivity contribution in [3.63, 3.8) is 0 Å². The van der Waals surface area contributed by atoms with E-state index < -0.39 is 10.0 Å². The van der Waals surface area contributed by atoms with Gasteiger partial charge in [0.2, 0.25) is 10.0 Å². The van der Waals surface area contributed by atoms with Gasteiger partial charge in [0.1, 0.15) is 0 Å². The second-order valence-corrected chi connectivity index (χ2v) is 5.68. The minimum absolute atomic E-state index is 0.105. The SMILES string of the molecule is COCCNS(=O)(=O)c1cc(C)c(Cl)c(N)c1. The maximum atomic E-state index is 11.9. The van der Waals surface area contributed by atoms with Gasteiger partial charge in [0.15, 0.2) is 0 Å². The van der Waals surface area contributed by atoms with Crippen LogP contribution in [0, 0.1) is 6.92 Å². The third-order valence-electron chi connectivity index (χ3n) is 2.16. The molecular weight excluding hydrogens is 264 g/mol. The van der Waals surface area contributed by atoms with Crippen LogP contribution in [0.15, 0.2) is 17.0 Å². The summed E-state index contributed by atoms with van der Waals surface area (Å²) in [6.07, 6.45) is 0. The Labute approximate surface area is 106 Å². The van der Waals surface area contributed by atoms with Crippen molar-refractivity contribution in [2.24, 2.45) is 0 Å². The minimum Gasteiger partial charge on any atom is -0.397 e. The molecule has 0 aromatic heterocycles. The van der Waals surface area contributed by atoms with E-state index >= 15 is 0 Å². The van der Waals surface area contributed by atoms with Crippen molar-refractivity contribution in [1.82, 2.24) is 4.72 Å². The fourth-order valence-corrected chi connectivity index (χ4v) is 2.52. The van der Waals surface area contributed by atoms with Crippen LogP contribution in [-0.4, -0.2) is 28.7 Å². The van der Waals surface area contributed by atoms with Crippen LogP contribution in [0.1, 0.15) is 5.56 Å². The lowest BCUT2D eigenvalue weighted by Gasteiger charge is -2.09. The van der Waals surface area contributed by atoms with Crippen molar-refractivity contribution in [3.05, 3.63) is 22.7 Å². The molecule has 0 bridgehead atoms. The molecule has 0 aliphatic carbocycles. The van der Waals surface area contributed by atoms with Gasteiger partial charge in [-0.05, 0) is 24.6 Å². The Bertz CT molecular complexity index is 479. The Morgan fingerprint density at radius 3 is 2.65 bits per heavy atom. The zero-order chi connectivity index (χ0) is 13.1. The Kier molecular flexibility index (Phi) is 4.76. The number of halogens is 1. The summed E-state index contributed by atoms with van der Waals surface area (Å²) in [4.78, 5) is 0.105. The molecule has 0 saturated carbocycles. The number of nitrogens with one attached hydrogen (secondary N) is 1. The lowest BCUT2D eigenvalue weighted by Crippen LogP contribution is -2.27. The molecule has 0 heterocycles. The van der Waals surface area contributed by atoms with E-state index in [0.29, 0.717) is 17.2 Å². The summed E-state index contributed by atoms with van der Waals surface area (Å²) in [5, 5.41) is 0.376. The molecule has 0 fully saturated rings. The number of methoxy groups -OCH3 is 1. The first kappa shape index (κ1) is 14.2. The average molecular weight is 279 g/mol. The number of hydrogen-bond donors (Lipinski definition) is 2. The summed E-state index contributed by atoms with van der Waals surface area (Å²) >= 11 is 5.87. The second-order valence-electron chi connectivity index (χ2n) is 3.53. The number of ether oxygens (including phenoxy) is 1. The lowest BCUT2D eigenvalue weighted by molar-refractivity contribution is 0.204. The monoisotopic (exact) mass is 278 g/mol. The largest absolute Gasteiger partial charge is 0.397 e. The number of benzene rings is 1. The summed E-state index contributed by atoms with van der Waals surface area (Å²) in [7, 11) is -2.06. The first-order valence-corrected chi connectivity index (χ1v) is 6.79. The normalized spacial score (nSPS) is 11.7. The molecule has 1 aromatic rings. The van der Waals surface area contributed by atoms with E-state index in [-0.39, 0.29) is 17.1 Å². The fourth-order valence-electron chi connectivity index (χ4n) is 1.28. The van der Waals surface area contributed by atoms with E-state index in [9.17, 15) is 8.42 Å². The summed E-state index contributed by atoms with van der Waals surface area (Å²) in [6, 6.07) is 2.82. The van der Waals surface area contributed by atoms with E-state index in [4.69, 9.17) is 22.1 Å². The predicted octanol–water partition coefficient (Wildman–Crippen LogP) is 1.16. The summed E-state index contributed by atoms with van der Waals surface area (Å²) in [5.41, 5.74) is 6.50. The first-order chi connectivity index (χ1) is 7.88. The number of nitrogens with two attached hydrogens (primary N) is 1. The maximum Gasteiger partial charge on any atom is 0.240 e. The molecule has 7 heteroatoms. The van der Waals surface area contributed by atoms with Crippen LogP contribution in [0.4, 0.5) is 5.69 Å². The Morgan fingerprint density at radius 2 is 2.12 bits per heavy atom. The van der Waals surface area contributed by atoms with Crippen molar-refractivity contribution in [1.29, 1.82) is 0 Å². The quantitative estimate of drug-likeness (QED) is 0.625. The number of aryl methyl sites for hydroxylation is 1. The van der Waals surface area contributed by atoms with Gasteiger partial charge in [-0.1, -0.05) is 11.6 Å². The Hall–Kier alpha value is -0.820. The molecule has 0 aliphatic heterocycles. The third kappa shape index (κ3) is 3.57. The molecule has 3 N–H and O–H groups in total. The van der Waals surface area contributed by atoms with Crippen LogP contribution in [0.2, 0.25) is 5.02 Å². The molecule has 0 spiro atoms. The highest BCUT2D eigenvalue weighted by Gasteiger charge is 2.16. The van der Waals surface area contributed by atoms with Gasteiger partial charge in [-0.15, -0.1) is 0 Å². The molecule has 0 unspecified atom stereocenters. The van der Waals surface area contributed by atoms with E-state index in [0.717, 1.165) is 0 Å². The van der Waals surface area contributed by atoms with Gasteiger partial charge in [-0.3, -0.25) is 0 Å². The van der Waals surface area contributed by atoms with Crippen molar-refractivity contribution >= 4 is 27.3 Å². The number of anilines is 1.